The molecule has 3 heterocycles. The van der Waals surface area contributed by atoms with Gasteiger partial charge in [-0.1, -0.05) is 12.1 Å². The van der Waals surface area contributed by atoms with Gasteiger partial charge in [0, 0.05) is 24.3 Å². The number of nitro benzene ring substituents is 2. The van der Waals surface area contributed by atoms with E-state index in [1.165, 1.54) is 59.2 Å². The van der Waals surface area contributed by atoms with Crippen LogP contribution in [0.5, 0.6) is 0 Å². The molecule has 37 heavy (non-hydrogen) atoms. The van der Waals surface area contributed by atoms with Crippen LogP contribution in [0.2, 0.25) is 0 Å². The van der Waals surface area contributed by atoms with Gasteiger partial charge >= 0.3 is 11.6 Å². The lowest BCUT2D eigenvalue weighted by molar-refractivity contribution is -0.385. The summed E-state index contributed by atoms with van der Waals surface area (Å²) in [5.74, 6) is -1.86. The molecule has 14 nitrogen and oxygen atoms in total. The van der Waals surface area contributed by atoms with Crippen LogP contribution in [-0.4, -0.2) is 32.5 Å². The first kappa shape index (κ1) is 23.2. The van der Waals surface area contributed by atoms with Gasteiger partial charge in [-0.05, 0) is 29.3 Å². The third-order valence-corrected chi connectivity index (χ3v) is 5.74. The number of benzene rings is 2. The lowest BCUT2D eigenvalue weighted by Gasteiger charge is -2.21. The van der Waals surface area contributed by atoms with Crippen LogP contribution in [0.3, 0.4) is 0 Å². The quantitative estimate of drug-likeness (QED) is 0.231. The molecule has 2 N–H and O–H groups in total. The van der Waals surface area contributed by atoms with Gasteiger partial charge < -0.3 is 19.3 Å². The largest absolute Gasteiger partial charge is 0.465 e. The Morgan fingerprint density at radius 1 is 1.05 bits per heavy atom. The van der Waals surface area contributed by atoms with E-state index in [4.69, 9.17) is 19.3 Å². The number of ether oxygens (including phenoxy) is 1. The molecule has 1 aliphatic heterocycles. The van der Waals surface area contributed by atoms with Crippen LogP contribution in [0.25, 0.3) is 17.5 Å². The van der Waals surface area contributed by atoms with Crippen molar-refractivity contribution in [2.24, 2.45) is 0 Å². The van der Waals surface area contributed by atoms with Crippen molar-refractivity contribution in [3.8, 4) is 5.88 Å². The number of oxazole rings is 2. The minimum Gasteiger partial charge on any atom is -0.465 e. The monoisotopic (exact) mass is 505 g/mol. The van der Waals surface area contributed by atoms with Gasteiger partial charge in [0.2, 0.25) is 11.4 Å². The highest BCUT2D eigenvalue weighted by atomic mass is 16.6. The Hall–Kier alpha value is -5.53. The fourth-order valence-electron chi connectivity index (χ4n) is 4.11. The third-order valence-electron chi connectivity index (χ3n) is 5.74. The number of carbonyl (C=O) groups is 1. The van der Waals surface area contributed by atoms with E-state index in [0.717, 1.165) is 7.11 Å². The Labute approximate surface area is 204 Å². The molecule has 1 atom stereocenters. The van der Waals surface area contributed by atoms with Gasteiger partial charge in [-0.2, -0.15) is 4.98 Å². The number of hydrogen-bond acceptors (Lipinski definition) is 11. The zero-order valence-corrected chi connectivity index (χ0v) is 18.8. The number of nitrogen functional groups attached to an aromatic ring is 1. The maximum atomic E-state index is 13.0. The summed E-state index contributed by atoms with van der Waals surface area (Å²) in [6.07, 6.45) is 1.39. The molecule has 0 unspecified atom stereocenters. The van der Waals surface area contributed by atoms with Gasteiger partial charge in [0.05, 0.1) is 22.9 Å². The Balaban J connectivity index is 1.82. The maximum Gasteiger partial charge on any atom is 0.362 e. The second-order valence-corrected chi connectivity index (χ2v) is 7.84. The summed E-state index contributed by atoms with van der Waals surface area (Å²) in [6.45, 7) is 0. The molecule has 0 saturated heterocycles. The number of non-ortho nitro benzene ring substituents is 2. The number of anilines is 1. The SMILES string of the molecule is COC(=O)C1=c2oc(=O)/c(=C\c3ccc([N+](=O)[O-])cc3)n2-c2oc(N)nc2[C@@H]1c1ccc([N+](=O)[O-])cc1. The number of rotatable bonds is 5. The summed E-state index contributed by atoms with van der Waals surface area (Å²) in [4.78, 5) is 51.1. The number of aromatic nitrogens is 2. The van der Waals surface area contributed by atoms with E-state index >= 15 is 0 Å². The van der Waals surface area contributed by atoms with E-state index in [1.54, 1.807) is 0 Å². The number of nitro groups is 2. The highest BCUT2D eigenvalue weighted by Crippen LogP contribution is 2.39. The molecule has 0 radical (unpaired) electrons. The van der Waals surface area contributed by atoms with Gasteiger partial charge in [-0.15, -0.1) is 0 Å². The molecular formula is C23H15N5O9. The molecule has 2 aromatic carbocycles. The van der Waals surface area contributed by atoms with E-state index in [1.807, 2.05) is 0 Å². The predicted molar refractivity (Wildman–Crippen MR) is 125 cm³/mol. The van der Waals surface area contributed by atoms with Gasteiger partial charge in [-0.3, -0.25) is 20.2 Å². The molecule has 2 aromatic heterocycles. The first-order valence-corrected chi connectivity index (χ1v) is 10.5. The van der Waals surface area contributed by atoms with Gasteiger partial charge in [0.1, 0.15) is 16.6 Å². The average Bonchev–Trinajstić information content (AvgIpc) is 3.42. The Morgan fingerprint density at radius 2 is 1.65 bits per heavy atom. The molecule has 1 aliphatic rings. The van der Waals surface area contributed by atoms with Crippen molar-refractivity contribution in [3.63, 3.8) is 0 Å². The van der Waals surface area contributed by atoms with Crippen molar-refractivity contribution in [3.05, 3.63) is 107 Å². The first-order valence-electron chi connectivity index (χ1n) is 10.5. The highest BCUT2D eigenvalue weighted by molar-refractivity contribution is 6.12. The summed E-state index contributed by atoms with van der Waals surface area (Å²) in [5, 5.41) is 22.0. The molecule has 0 amide bonds. The zero-order chi connectivity index (χ0) is 26.4. The fourth-order valence-corrected chi connectivity index (χ4v) is 4.11. The number of methoxy groups -OCH3 is 1. The van der Waals surface area contributed by atoms with Crippen LogP contribution >= 0.6 is 0 Å². The standard InChI is InChI=1S/C23H15N5O9/c1-35-22(30)17-16(12-4-8-14(9-5-12)28(33)34)18-20(37-23(24)25-18)26-15(21(29)36-19(17)26)10-11-2-6-13(7-3-11)27(31)32/h2-10,16H,1H3,(H2,24,25)/b15-10+/t16-/m1/s1. The van der Waals surface area contributed by atoms with Crippen LogP contribution in [0, 0.1) is 20.2 Å². The minimum absolute atomic E-state index is 0.0116. The van der Waals surface area contributed by atoms with Crippen molar-refractivity contribution in [2.75, 3.05) is 12.8 Å². The maximum absolute atomic E-state index is 13.0. The summed E-state index contributed by atoms with van der Waals surface area (Å²) in [6, 6.07) is 10.5. The number of hydrogen-bond donors (Lipinski definition) is 1. The van der Waals surface area contributed by atoms with Crippen LogP contribution in [-0.2, 0) is 9.53 Å². The molecule has 0 bridgehead atoms. The van der Waals surface area contributed by atoms with Crippen molar-refractivity contribution in [2.45, 2.75) is 5.92 Å². The first-order chi connectivity index (χ1) is 17.7. The van der Waals surface area contributed by atoms with Gasteiger partial charge in [-0.25, -0.2) is 14.2 Å². The number of esters is 1. The van der Waals surface area contributed by atoms with Crippen molar-refractivity contribution in [1.29, 1.82) is 0 Å². The third kappa shape index (κ3) is 3.81. The zero-order valence-electron chi connectivity index (χ0n) is 18.8. The van der Waals surface area contributed by atoms with Crippen molar-refractivity contribution in [1.82, 2.24) is 9.55 Å². The molecule has 5 rings (SSSR count). The van der Waals surface area contributed by atoms with E-state index in [0.29, 0.717) is 11.1 Å². The summed E-state index contributed by atoms with van der Waals surface area (Å²) >= 11 is 0. The molecular weight excluding hydrogens is 490 g/mol. The molecule has 186 valence electrons. The van der Waals surface area contributed by atoms with Crippen LogP contribution in [0.15, 0.2) is 62.2 Å². The van der Waals surface area contributed by atoms with E-state index < -0.39 is 27.4 Å². The molecule has 0 fully saturated rings. The lowest BCUT2D eigenvalue weighted by atomic mass is 9.87. The second kappa shape index (κ2) is 8.60. The molecule has 14 heteroatoms. The number of fused-ring (bicyclic) bond motifs is 3. The lowest BCUT2D eigenvalue weighted by Crippen LogP contribution is -2.37. The average molecular weight is 505 g/mol. The predicted octanol–water partition coefficient (Wildman–Crippen LogP) is 1.12. The Kier molecular flexibility index (Phi) is 5.40. The molecule has 0 saturated carbocycles. The molecule has 0 aliphatic carbocycles. The smallest absolute Gasteiger partial charge is 0.362 e. The van der Waals surface area contributed by atoms with Crippen LogP contribution in [0.4, 0.5) is 17.4 Å². The summed E-state index contributed by atoms with van der Waals surface area (Å²) < 4.78 is 17.3. The summed E-state index contributed by atoms with van der Waals surface area (Å²) in [5.41, 5.74) is 5.32. The topological polar surface area (TPSA) is 200 Å². The molecule has 0 spiro atoms. The van der Waals surface area contributed by atoms with Gasteiger partial charge in [0.15, 0.2) is 0 Å². The van der Waals surface area contributed by atoms with Crippen molar-refractivity contribution < 1.29 is 28.2 Å². The Bertz CT molecular complexity index is 1760. The number of carbonyl (C=O) groups excluding carboxylic acids is 1. The molecule has 4 aromatic rings. The van der Waals surface area contributed by atoms with Crippen LogP contribution in [0.1, 0.15) is 22.7 Å². The Morgan fingerprint density at radius 3 is 2.22 bits per heavy atom. The van der Waals surface area contributed by atoms with E-state index in [9.17, 15) is 29.8 Å². The number of nitrogens with two attached hydrogens (primary N) is 1. The van der Waals surface area contributed by atoms with Crippen molar-refractivity contribution >= 4 is 35.0 Å². The highest BCUT2D eigenvalue weighted by Gasteiger charge is 2.39. The fraction of sp³-hybridized carbons (Fsp3) is 0.0870. The number of nitrogens with zero attached hydrogens (tertiary/aromatic N) is 4. The van der Waals surface area contributed by atoms with Crippen LogP contribution < -0.4 is 22.3 Å². The van der Waals surface area contributed by atoms with E-state index in [-0.39, 0.29) is 45.4 Å². The minimum atomic E-state index is -0.998. The second-order valence-electron chi connectivity index (χ2n) is 7.84. The summed E-state index contributed by atoms with van der Waals surface area (Å²) in [7, 11) is 1.14. The van der Waals surface area contributed by atoms with Gasteiger partial charge in [0.25, 0.3) is 17.4 Å². The normalized spacial score (nSPS) is 14.7. The van der Waals surface area contributed by atoms with E-state index in [2.05, 4.69) is 4.98 Å².